The Kier molecular flexibility index (Phi) is 12.5. The van der Waals surface area contributed by atoms with Crippen LogP contribution in [0.3, 0.4) is 0 Å². The van der Waals surface area contributed by atoms with E-state index in [4.69, 9.17) is 48.9 Å². The van der Waals surface area contributed by atoms with Crippen molar-refractivity contribution in [1.29, 1.82) is 0 Å². The van der Waals surface area contributed by atoms with Gasteiger partial charge in [-0.15, -0.1) is 0 Å². The standard InChI is InChI=1S/C25H44N8O2S4/c1-7-30-13-18(36)32(22(30)34)15-24(3,4)9-11-26-20(38)28-17-29-21(39)27-12-10-25(5,6)16-33-19(37)14-31(8-2)23(33)35/h7-17H2,1-6H3,(H2,26,28,38)(H2,27,29,39). The number of urea groups is 2. The van der Waals surface area contributed by atoms with E-state index < -0.39 is 0 Å². The summed E-state index contributed by atoms with van der Waals surface area (Å²) >= 11 is 21.6. The maximum absolute atomic E-state index is 12.5. The lowest BCUT2D eigenvalue weighted by Gasteiger charge is -2.30. The van der Waals surface area contributed by atoms with E-state index in [0.29, 0.717) is 79.2 Å². The Labute approximate surface area is 254 Å². The van der Waals surface area contributed by atoms with Crippen LogP contribution in [0.4, 0.5) is 9.59 Å². The summed E-state index contributed by atoms with van der Waals surface area (Å²) in [4.78, 5) is 33.3. The van der Waals surface area contributed by atoms with Gasteiger partial charge in [0.25, 0.3) is 0 Å². The van der Waals surface area contributed by atoms with Crippen LogP contribution in [0.25, 0.3) is 0 Å². The van der Waals surface area contributed by atoms with Gasteiger partial charge >= 0.3 is 12.1 Å². The van der Waals surface area contributed by atoms with Gasteiger partial charge in [0, 0.05) is 39.3 Å². The van der Waals surface area contributed by atoms with E-state index in [-0.39, 0.29) is 22.9 Å². The first-order chi connectivity index (χ1) is 18.2. The van der Waals surface area contributed by atoms with E-state index in [1.807, 2.05) is 13.8 Å². The van der Waals surface area contributed by atoms with Crippen molar-refractivity contribution in [2.75, 3.05) is 59.0 Å². The van der Waals surface area contributed by atoms with E-state index in [1.54, 1.807) is 19.6 Å². The molecular weight excluding hydrogens is 573 g/mol. The summed E-state index contributed by atoms with van der Waals surface area (Å²) in [5, 5.41) is 13.7. The fraction of sp³-hybridized carbons (Fsp3) is 0.760. The highest BCUT2D eigenvalue weighted by Gasteiger charge is 2.36. The van der Waals surface area contributed by atoms with Gasteiger partial charge in [-0.25, -0.2) is 9.59 Å². The molecule has 39 heavy (non-hydrogen) atoms. The largest absolute Gasteiger partial charge is 0.363 e. The van der Waals surface area contributed by atoms with Gasteiger partial charge in [-0.3, -0.25) is 9.80 Å². The molecule has 0 aromatic heterocycles. The van der Waals surface area contributed by atoms with Crippen molar-refractivity contribution in [2.24, 2.45) is 10.8 Å². The number of nitrogens with one attached hydrogen (secondary N) is 4. The van der Waals surface area contributed by atoms with Gasteiger partial charge in [0.1, 0.15) is 9.98 Å². The van der Waals surface area contributed by atoms with E-state index in [0.717, 1.165) is 12.8 Å². The molecule has 0 aromatic rings. The lowest BCUT2D eigenvalue weighted by atomic mass is 9.88. The van der Waals surface area contributed by atoms with Crippen LogP contribution in [0.1, 0.15) is 54.4 Å². The number of nitrogens with zero attached hydrogens (tertiary/aromatic N) is 4. The molecule has 220 valence electrons. The molecule has 0 aliphatic carbocycles. The molecule has 2 saturated heterocycles. The molecule has 10 nitrogen and oxygen atoms in total. The number of carbonyl (C=O) groups excluding carboxylic acids is 2. The Morgan fingerprint density at radius 1 is 0.718 bits per heavy atom. The Morgan fingerprint density at radius 2 is 1.08 bits per heavy atom. The smallest absolute Gasteiger partial charge is 0.325 e. The van der Waals surface area contributed by atoms with Crippen molar-refractivity contribution >= 4 is 81.1 Å². The SMILES string of the molecule is CCN1CC(=S)N(CC(C)(C)CCNC(=S)NCNC(=S)NCCC(C)(C)CN2C(=O)N(CC)CC2=S)C1=O. The van der Waals surface area contributed by atoms with Crippen molar-refractivity contribution in [1.82, 2.24) is 40.9 Å². The Hall–Kier alpha value is -1.90. The number of likely N-dealkylation sites (N-methyl/N-ethyl adjacent to an activating group) is 2. The molecule has 2 fully saturated rings. The summed E-state index contributed by atoms with van der Waals surface area (Å²) in [6.07, 6.45) is 1.64. The van der Waals surface area contributed by atoms with Gasteiger partial charge in [-0.1, -0.05) is 52.1 Å². The van der Waals surface area contributed by atoms with Crippen molar-refractivity contribution in [3.8, 4) is 0 Å². The van der Waals surface area contributed by atoms with E-state index >= 15 is 0 Å². The summed E-state index contributed by atoms with van der Waals surface area (Å²) in [6.45, 7) is 17.7. The van der Waals surface area contributed by atoms with Crippen LogP contribution in [-0.2, 0) is 0 Å². The molecule has 4 N–H and O–H groups in total. The lowest BCUT2D eigenvalue weighted by Crippen LogP contribution is -2.47. The molecule has 14 heteroatoms. The number of hydrogen-bond acceptors (Lipinski definition) is 6. The molecule has 2 heterocycles. The topological polar surface area (TPSA) is 95.2 Å². The normalized spacial score (nSPS) is 16.4. The van der Waals surface area contributed by atoms with Gasteiger partial charge < -0.3 is 31.1 Å². The fourth-order valence-electron chi connectivity index (χ4n) is 4.37. The van der Waals surface area contributed by atoms with Crippen molar-refractivity contribution in [3.63, 3.8) is 0 Å². The summed E-state index contributed by atoms with van der Waals surface area (Å²) in [7, 11) is 0. The molecular formula is C25H44N8O2S4. The van der Waals surface area contributed by atoms with Gasteiger partial charge in [-0.05, 0) is 62.0 Å². The van der Waals surface area contributed by atoms with Crippen molar-refractivity contribution in [2.45, 2.75) is 54.4 Å². The highest BCUT2D eigenvalue weighted by atomic mass is 32.1. The van der Waals surface area contributed by atoms with Gasteiger partial charge in [0.05, 0.1) is 19.8 Å². The maximum Gasteiger partial charge on any atom is 0.325 e. The van der Waals surface area contributed by atoms with Crippen LogP contribution in [0.5, 0.6) is 0 Å². The predicted molar refractivity (Wildman–Crippen MR) is 173 cm³/mol. The monoisotopic (exact) mass is 616 g/mol. The van der Waals surface area contributed by atoms with E-state index in [9.17, 15) is 9.59 Å². The minimum absolute atomic E-state index is 0.00551. The number of amides is 4. The number of thiocarbonyl (C=S) groups is 4. The van der Waals surface area contributed by atoms with Crippen LogP contribution in [0, 0.1) is 10.8 Å². The summed E-state index contributed by atoms with van der Waals surface area (Å²) < 4.78 is 0. The average molecular weight is 617 g/mol. The molecule has 0 unspecified atom stereocenters. The van der Waals surface area contributed by atoms with Crippen LogP contribution < -0.4 is 21.3 Å². The quantitative estimate of drug-likeness (QED) is 0.172. The zero-order chi connectivity index (χ0) is 29.4. The third kappa shape index (κ3) is 10.2. The Morgan fingerprint density at radius 3 is 1.38 bits per heavy atom. The lowest BCUT2D eigenvalue weighted by molar-refractivity contribution is 0.181. The van der Waals surface area contributed by atoms with E-state index in [1.165, 1.54) is 0 Å². The first kappa shape index (κ1) is 33.3. The Bertz CT molecular complexity index is 884. The second-order valence-corrected chi connectivity index (χ2v) is 13.2. The van der Waals surface area contributed by atoms with Crippen molar-refractivity contribution < 1.29 is 9.59 Å². The molecule has 0 bridgehead atoms. The number of carbonyl (C=O) groups is 2. The third-order valence-corrected chi connectivity index (χ3v) is 8.14. The fourth-order valence-corrected chi connectivity index (χ4v) is 5.31. The molecule has 2 aliphatic heterocycles. The highest BCUT2D eigenvalue weighted by Crippen LogP contribution is 2.26. The predicted octanol–water partition coefficient (Wildman–Crippen LogP) is 2.87. The van der Waals surface area contributed by atoms with Crippen molar-refractivity contribution in [3.05, 3.63) is 0 Å². The van der Waals surface area contributed by atoms with Gasteiger partial charge in [0.15, 0.2) is 10.2 Å². The second kappa shape index (κ2) is 14.6. The van der Waals surface area contributed by atoms with Crippen LogP contribution in [-0.4, -0.2) is 111 Å². The van der Waals surface area contributed by atoms with Crippen LogP contribution in [0.15, 0.2) is 0 Å². The Balaban J connectivity index is 1.60. The molecule has 0 atom stereocenters. The summed E-state index contributed by atoms with van der Waals surface area (Å²) in [5.74, 6) is 0. The highest BCUT2D eigenvalue weighted by molar-refractivity contribution is 7.81. The molecule has 4 amide bonds. The minimum Gasteiger partial charge on any atom is -0.363 e. The molecule has 0 spiro atoms. The molecule has 0 radical (unpaired) electrons. The molecule has 2 rings (SSSR count). The third-order valence-electron chi connectivity index (χ3n) is 6.87. The second-order valence-electron chi connectivity index (χ2n) is 11.4. The average Bonchev–Trinajstić information content (AvgIpc) is 3.27. The van der Waals surface area contributed by atoms with E-state index in [2.05, 4.69) is 49.0 Å². The first-order valence-electron chi connectivity index (χ1n) is 13.4. The number of hydrogen-bond donors (Lipinski definition) is 4. The maximum atomic E-state index is 12.5. The zero-order valence-corrected chi connectivity index (χ0v) is 27.3. The molecule has 0 aromatic carbocycles. The zero-order valence-electron chi connectivity index (χ0n) is 24.0. The van der Waals surface area contributed by atoms with Crippen LogP contribution >= 0.6 is 48.9 Å². The number of rotatable bonds is 14. The first-order valence-corrected chi connectivity index (χ1v) is 15.0. The minimum atomic E-state index is -0.119. The van der Waals surface area contributed by atoms with Gasteiger partial charge in [0.2, 0.25) is 0 Å². The van der Waals surface area contributed by atoms with Gasteiger partial charge in [-0.2, -0.15) is 0 Å². The molecule has 0 saturated carbocycles. The summed E-state index contributed by atoms with van der Waals surface area (Å²) in [5.41, 5.74) is -0.238. The van der Waals surface area contributed by atoms with Crippen LogP contribution in [0.2, 0.25) is 0 Å². The molecule has 2 aliphatic rings. The summed E-state index contributed by atoms with van der Waals surface area (Å²) in [6, 6.07) is -0.0110.